The molecule has 1 unspecified atom stereocenters. The molecule has 0 saturated carbocycles. The van der Waals surface area contributed by atoms with E-state index in [9.17, 15) is 4.79 Å². The van der Waals surface area contributed by atoms with E-state index in [2.05, 4.69) is 0 Å². The van der Waals surface area contributed by atoms with Gasteiger partial charge >= 0.3 is 0 Å². The van der Waals surface area contributed by atoms with E-state index in [4.69, 9.17) is 5.11 Å². The van der Waals surface area contributed by atoms with Crippen molar-refractivity contribution in [2.45, 2.75) is 19.5 Å². The minimum absolute atomic E-state index is 0.0136. The molecule has 1 amide bonds. The first-order valence-corrected chi connectivity index (χ1v) is 4.73. The fourth-order valence-electron chi connectivity index (χ4n) is 1.73. The zero-order chi connectivity index (χ0) is 10.1. The van der Waals surface area contributed by atoms with Crippen LogP contribution in [0.4, 0.5) is 0 Å². The summed E-state index contributed by atoms with van der Waals surface area (Å²) in [6, 6.07) is 7.48. The number of aliphatic hydroxyl groups excluding tert-OH is 1. The molecular weight excluding hydrogens is 178 g/mol. The lowest BCUT2D eigenvalue weighted by molar-refractivity contribution is 0.0644. The Labute approximate surface area is 83.0 Å². The Morgan fingerprint density at radius 3 is 2.86 bits per heavy atom. The Morgan fingerprint density at radius 1 is 1.50 bits per heavy atom. The van der Waals surface area contributed by atoms with Crippen molar-refractivity contribution in [1.82, 2.24) is 4.90 Å². The van der Waals surface area contributed by atoms with Crippen LogP contribution in [0.15, 0.2) is 24.3 Å². The first kappa shape index (κ1) is 9.21. The summed E-state index contributed by atoms with van der Waals surface area (Å²) in [7, 11) is 0. The van der Waals surface area contributed by atoms with Gasteiger partial charge in [-0.1, -0.05) is 18.2 Å². The average Bonchev–Trinajstić information content (AvgIpc) is 2.56. The first-order chi connectivity index (χ1) is 6.74. The third-order valence-electron chi connectivity index (χ3n) is 2.65. The van der Waals surface area contributed by atoms with Crippen LogP contribution in [0, 0.1) is 0 Å². The van der Waals surface area contributed by atoms with Crippen LogP contribution in [0.5, 0.6) is 0 Å². The molecule has 1 aromatic carbocycles. The summed E-state index contributed by atoms with van der Waals surface area (Å²) in [4.78, 5) is 13.5. The van der Waals surface area contributed by atoms with E-state index in [1.807, 2.05) is 31.2 Å². The fourth-order valence-corrected chi connectivity index (χ4v) is 1.73. The molecule has 0 bridgehead atoms. The number of carbonyl (C=O) groups excluding carboxylic acids is 1. The quantitative estimate of drug-likeness (QED) is 0.758. The summed E-state index contributed by atoms with van der Waals surface area (Å²) in [5, 5.41) is 9.00. The number of rotatable bonds is 2. The minimum Gasteiger partial charge on any atom is -0.394 e. The van der Waals surface area contributed by atoms with Crippen molar-refractivity contribution in [3.05, 3.63) is 35.4 Å². The molecule has 1 aliphatic heterocycles. The van der Waals surface area contributed by atoms with E-state index in [0.29, 0.717) is 6.54 Å². The Morgan fingerprint density at radius 2 is 2.21 bits per heavy atom. The predicted octanol–water partition coefficient (Wildman–Crippen LogP) is 1.02. The second-order valence-electron chi connectivity index (χ2n) is 3.62. The summed E-state index contributed by atoms with van der Waals surface area (Å²) in [5.74, 6) is 0.0298. The van der Waals surface area contributed by atoms with Crippen LogP contribution in [0.2, 0.25) is 0 Å². The van der Waals surface area contributed by atoms with Gasteiger partial charge in [-0.2, -0.15) is 0 Å². The van der Waals surface area contributed by atoms with Crippen LogP contribution < -0.4 is 0 Å². The lowest BCUT2D eigenvalue weighted by atomic mass is 10.1. The van der Waals surface area contributed by atoms with Crippen LogP contribution in [0.1, 0.15) is 22.8 Å². The molecular formula is C11H13NO2. The molecule has 1 atom stereocenters. The zero-order valence-corrected chi connectivity index (χ0v) is 8.10. The molecule has 0 saturated heterocycles. The van der Waals surface area contributed by atoms with Gasteiger partial charge < -0.3 is 10.0 Å². The average molecular weight is 191 g/mol. The molecule has 3 heteroatoms. The van der Waals surface area contributed by atoms with Gasteiger partial charge in [0.15, 0.2) is 0 Å². The number of hydrogen-bond acceptors (Lipinski definition) is 2. The van der Waals surface area contributed by atoms with Crippen molar-refractivity contribution in [2.75, 3.05) is 6.61 Å². The van der Waals surface area contributed by atoms with Gasteiger partial charge in [0.2, 0.25) is 0 Å². The van der Waals surface area contributed by atoms with Crippen molar-refractivity contribution in [1.29, 1.82) is 0 Å². The van der Waals surface area contributed by atoms with Crippen molar-refractivity contribution < 1.29 is 9.90 Å². The summed E-state index contributed by atoms with van der Waals surface area (Å²) in [6.07, 6.45) is 0. The number of nitrogens with zero attached hydrogens (tertiary/aromatic N) is 1. The molecule has 74 valence electrons. The molecule has 1 aliphatic rings. The standard InChI is InChI=1S/C11H13NO2/c1-8(7-13)12-6-9-4-2-3-5-10(9)11(12)14/h2-5,8,13H,6-7H2,1H3. The lowest BCUT2D eigenvalue weighted by Crippen LogP contribution is -2.35. The molecule has 1 N–H and O–H groups in total. The Bertz CT molecular complexity index is 362. The minimum atomic E-state index is -0.102. The SMILES string of the molecule is CC(CO)N1Cc2ccccc2C1=O. The smallest absolute Gasteiger partial charge is 0.254 e. The normalized spacial score (nSPS) is 17.0. The molecule has 0 fully saturated rings. The van der Waals surface area contributed by atoms with Gasteiger partial charge in [0.05, 0.1) is 12.6 Å². The van der Waals surface area contributed by atoms with Crippen LogP contribution in [0.3, 0.4) is 0 Å². The van der Waals surface area contributed by atoms with Crippen molar-refractivity contribution in [3.63, 3.8) is 0 Å². The van der Waals surface area contributed by atoms with Gasteiger partial charge in [-0.05, 0) is 18.6 Å². The van der Waals surface area contributed by atoms with Crippen molar-refractivity contribution in [2.24, 2.45) is 0 Å². The largest absolute Gasteiger partial charge is 0.394 e. The maximum absolute atomic E-state index is 11.8. The first-order valence-electron chi connectivity index (χ1n) is 4.73. The van der Waals surface area contributed by atoms with E-state index in [0.717, 1.165) is 11.1 Å². The maximum atomic E-state index is 11.8. The summed E-state index contributed by atoms with van der Waals surface area (Å²) in [6.45, 7) is 2.49. The van der Waals surface area contributed by atoms with E-state index in [1.165, 1.54) is 0 Å². The number of aliphatic hydroxyl groups is 1. The van der Waals surface area contributed by atoms with Crippen LogP contribution in [-0.4, -0.2) is 28.6 Å². The van der Waals surface area contributed by atoms with E-state index < -0.39 is 0 Å². The summed E-state index contributed by atoms with van der Waals surface area (Å²) < 4.78 is 0. The van der Waals surface area contributed by atoms with E-state index in [-0.39, 0.29) is 18.6 Å². The van der Waals surface area contributed by atoms with Gasteiger partial charge in [0, 0.05) is 12.1 Å². The molecule has 0 aromatic heterocycles. The second-order valence-corrected chi connectivity index (χ2v) is 3.62. The number of amides is 1. The van der Waals surface area contributed by atoms with Crippen molar-refractivity contribution >= 4 is 5.91 Å². The topological polar surface area (TPSA) is 40.5 Å². The van der Waals surface area contributed by atoms with Crippen molar-refractivity contribution in [3.8, 4) is 0 Å². The van der Waals surface area contributed by atoms with Crippen LogP contribution >= 0.6 is 0 Å². The van der Waals surface area contributed by atoms with Gasteiger partial charge in [-0.3, -0.25) is 4.79 Å². The van der Waals surface area contributed by atoms with Gasteiger partial charge in [0.25, 0.3) is 5.91 Å². The highest BCUT2D eigenvalue weighted by atomic mass is 16.3. The lowest BCUT2D eigenvalue weighted by Gasteiger charge is -2.21. The summed E-state index contributed by atoms with van der Waals surface area (Å²) >= 11 is 0. The van der Waals surface area contributed by atoms with Gasteiger partial charge in [-0.15, -0.1) is 0 Å². The van der Waals surface area contributed by atoms with Gasteiger partial charge in [-0.25, -0.2) is 0 Å². The van der Waals surface area contributed by atoms with Gasteiger partial charge in [0.1, 0.15) is 0 Å². The highest BCUT2D eigenvalue weighted by Gasteiger charge is 2.29. The molecule has 1 aromatic rings. The maximum Gasteiger partial charge on any atom is 0.254 e. The molecule has 0 spiro atoms. The molecule has 1 heterocycles. The predicted molar refractivity (Wildman–Crippen MR) is 52.9 cm³/mol. The number of benzene rings is 1. The Balaban J connectivity index is 2.30. The molecule has 2 rings (SSSR count). The van der Waals surface area contributed by atoms with Crippen LogP contribution in [-0.2, 0) is 6.54 Å². The molecule has 0 radical (unpaired) electrons. The van der Waals surface area contributed by atoms with E-state index >= 15 is 0 Å². The zero-order valence-electron chi connectivity index (χ0n) is 8.10. The Hall–Kier alpha value is -1.35. The van der Waals surface area contributed by atoms with E-state index in [1.54, 1.807) is 4.90 Å². The third-order valence-corrected chi connectivity index (χ3v) is 2.65. The van der Waals surface area contributed by atoms with Crippen LogP contribution in [0.25, 0.3) is 0 Å². The summed E-state index contributed by atoms with van der Waals surface area (Å²) in [5.41, 5.74) is 1.82. The number of carbonyl (C=O) groups is 1. The molecule has 14 heavy (non-hydrogen) atoms. The molecule has 0 aliphatic carbocycles. The highest BCUT2D eigenvalue weighted by Crippen LogP contribution is 2.23. The fraction of sp³-hybridized carbons (Fsp3) is 0.364. The monoisotopic (exact) mass is 191 g/mol. The second kappa shape index (κ2) is 3.42. The highest BCUT2D eigenvalue weighted by molar-refractivity contribution is 5.98. The number of hydrogen-bond donors (Lipinski definition) is 1. The third kappa shape index (κ3) is 1.30. The Kier molecular flexibility index (Phi) is 2.25. The number of fused-ring (bicyclic) bond motifs is 1. The molecule has 3 nitrogen and oxygen atoms in total.